The second-order valence-corrected chi connectivity index (χ2v) is 18.0. The van der Waals surface area contributed by atoms with Crippen LogP contribution in [0.15, 0.2) is 23.8 Å². The lowest BCUT2D eigenvalue weighted by molar-refractivity contribution is -0.151. The zero-order chi connectivity index (χ0) is 33.7. The van der Waals surface area contributed by atoms with Crippen molar-refractivity contribution in [2.75, 3.05) is 0 Å². The first-order chi connectivity index (χ1) is 22.7. The molecule has 0 spiro atoms. The van der Waals surface area contributed by atoms with E-state index in [4.69, 9.17) is 4.74 Å². The number of fused-ring (bicyclic) bond motifs is 5. The van der Waals surface area contributed by atoms with Gasteiger partial charge in [0.2, 0.25) is 0 Å². The molecule has 0 amide bonds. The Balaban J connectivity index is 1.12. The van der Waals surface area contributed by atoms with Gasteiger partial charge in [0.15, 0.2) is 0 Å². The van der Waals surface area contributed by atoms with Gasteiger partial charge in [-0.25, -0.2) is 0 Å². The van der Waals surface area contributed by atoms with Crippen molar-refractivity contribution < 1.29 is 9.53 Å². The summed E-state index contributed by atoms with van der Waals surface area (Å²) in [7, 11) is 0. The highest BCUT2D eigenvalue weighted by molar-refractivity contribution is 5.69. The number of unbranched alkanes of at least 4 members (excludes halogenated alkanes) is 11. The quantitative estimate of drug-likeness (QED) is 0.0702. The molecular weight excluding hydrogens is 572 g/mol. The Morgan fingerprint density at radius 3 is 2.19 bits per heavy atom. The van der Waals surface area contributed by atoms with E-state index in [0.29, 0.717) is 17.3 Å². The van der Waals surface area contributed by atoms with Crippen molar-refractivity contribution in [3.63, 3.8) is 0 Å². The van der Waals surface area contributed by atoms with Crippen molar-refractivity contribution in [3.05, 3.63) is 23.8 Å². The molecule has 0 aromatic rings. The molecule has 0 bridgehead atoms. The summed E-state index contributed by atoms with van der Waals surface area (Å²) in [5.41, 5.74) is 2.53. The predicted octanol–water partition coefficient (Wildman–Crippen LogP) is 14.0. The van der Waals surface area contributed by atoms with Gasteiger partial charge in [-0.1, -0.05) is 136 Å². The maximum absolute atomic E-state index is 12.8. The topological polar surface area (TPSA) is 26.3 Å². The molecule has 47 heavy (non-hydrogen) atoms. The van der Waals surface area contributed by atoms with Gasteiger partial charge in [0.25, 0.3) is 0 Å². The molecule has 0 aromatic heterocycles. The van der Waals surface area contributed by atoms with E-state index < -0.39 is 0 Å². The van der Waals surface area contributed by atoms with Gasteiger partial charge in [-0.3, -0.25) is 4.79 Å². The Bertz CT molecular complexity index is 976. The lowest BCUT2D eigenvalue weighted by Crippen LogP contribution is -2.51. The van der Waals surface area contributed by atoms with Crippen molar-refractivity contribution >= 4 is 5.97 Å². The van der Waals surface area contributed by atoms with E-state index in [0.717, 1.165) is 61.2 Å². The van der Waals surface area contributed by atoms with Gasteiger partial charge in [0, 0.05) is 12.8 Å². The summed E-state index contributed by atoms with van der Waals surface area (Å²) in [5.74, 6) is 5.31. The first-order valence-corrected chi connectivity index (χ1v) is 21.2. The zero-order valence-electron chi connectivity index (χ0n) is 32.3. The molecule has 4 aliphatic rings. The molecule has 0 aromatic carbocycles. The van der Waals surface area contributed by atoms with E-state index in [2.05, 4.69) is 59.8 Å². The Labute approximate surface area is 293 Å². The highest BCUT2D eigenvalue weighted by Crippen LogP contribution is 2.67. The van der Waals surface area contributed by atoms with Gasteiger partial charge in [-0.05, 0) is 123 Å². The molecule has 2 nitrogen and oxygen atoms in total. The summed E-state index contributed by atoms with van der Waals surface area (Å²) in [6, 6.07) is 0. The highest BCUT2D eigenvalue weighted by Gasteiger charge is 2.59. The van der Waals surface area contributed by atoms with E-state index >= 15 is 0 Å². The summed E-state index contributed by atoms with van der Waals surface area (Å²) in [5, 5.41) is 0. The maximum Gasteiger partial charge on any atom is 0.306 e. The molecule has 0 saturated heterocycles. The van der Waals surface area contributed by atoms with Gasteiger partial charge in [-0.2, -0.15) is 0 Å². The molecule has 3 fully saturated rings. The van der Waals surface area contributed by atoms with E-state index in [1.54, 1.807) is 5.57 Å². The van der Waals surface area contributed by atoms with Gasteiger partial charge >= 0.3 is 5.97 Å². The Kier molecular flexibility index (Phi) is 16.0. The molecule has 4 rings (SSSR count). The lowest BCUT2D eigenvalue weighted by atomic mass is 9.47. The standard InChI is InChI=1S/C45H78O2/c1-7-8-9-10-11-12-13-14-15-16-17-18-19-20-21-25-43(46)47-38-30-32-44(5)37(34-38)26-27-39-41-29-28-40(36(4)24-22-23-35(2)3)45(41,6)33-31-42(39)44/h14-15,26,35-36,38-42H,7-13,16-25,27-34H2,1-6H3/b15-14+/t36-,38+,39-,40+,41-,42-,44+,45+/m1/s1. The SMILES string of the molecule is CCCCCCCC/C=C/CCCCCCCC(=O)O[C@H]1CC[C@@]2(C)C(=CC[C@@H]3[C@H]4CC[C@@H]([C@H](C)CCCC(C)C)[C@]4(C)CC[C@H]32)C1. The van der Waals surface area contributed by atoms with E-state index in [1.807, 2.05) is 0 Å². The summed E-state index contributed by atoms with van der Waals surface area (Å²) in [4.78, 5) is 12.8. The highest BCUT2D eigenvalue weighted by atomic mass is 16.5. The predicted molar refractivity (Wildman–Crippen MR) is 202 cm³/mol. The van der Waals surface area contributed by atoms with Crippen LogP contribution in [0.3, 0.4) is 0 Å². The molecule has 0 radical (unpaired) electrons. The van der Waals surface area contributed by atoms with Crippen LogP contribution in [0.5, 0.6) is 0 Å². The molecule has 3 saturated carbocycles. The molecule has 8 atom stereocenters. The minimum Gasteiger partial charge on any atom is -0.462 e. The number of hydrogen-bond donors (Lipinski definition) is 0. The van der Waals surface area contributed by atoms with E-state index in [-0.39, 0.29) is 12.1 Å². The molecule has 0 unspecified atom stereocenters. The van der Waals surface area contributed by atoms with Crippen molar-refractivity contribution in [1.82, 2.24) is 0 Å². The van der Waals surface area contributed by atoms with Gasteiger partial charge < -0.3 is 4.74 Å². The Morgan fingerprint density at radius 2 is 1.49 bits per heavy atom. The monoisotopic (exact) mass is 651 g/mol. The fourth-order valence-electron chi connectivity index (χ4n) is 11.3. The fraction of sp³-hybridized carbons (Fsp3) is 0.889. The van der Waals surface area contributed by atoms with Gasteiger partial charge in [0.05, 0.1) is 0 Å². The van der Waals surface area contributed by atoms with Gasteiger partial charge in [-0.15, -0.1) is 0 Å². The molecule has 270 valence electrons. The number of carbonyl (C=O) groups excluding carboxylic acids is 1. The number of allylic oxidation sites excluding steroid dienone is 3. The van der Waals surface area contributed by atoms with Gasteiger partial charge in [0.1, 0.15) is 6.10 Å². The minimum atomic E-state index is 0.0541. The van der Waals surface area contributed by atoms with Crippen molar-refractivity contribution in [2.45, 2.75) is 208 Å². The van der Waals surface area contributed by atoms with Crippen LogP contribution in [0.25, 0.3) is 0 Å². The first kappa shape index (κ1) is 38.7. The van der Waals surface area contributed by atoms with Crippen LogP contribution in [-0.2, 0) is 9.53 Å². The maximum atomic E-state index is 12.8. The molecule has 4 aliphatic carbocycles. The third kappa shape index (κ3) is 10.7. The van der Waals surface area contributed by atoms with Crippen molar-refractivity contribution in [3.8, 4) is 0 Å². The van der Waals surface area contributed by atoms with Crippen molar-refractivity contribution in [2.24, 2.45) is 46.3 Å². The van der Waals surface area contributed by atoms with Crippen LogP contribution < -0.4 is 0 Å². The first-order valence-electron chi connectivity index (χ1n) is 21.2. The third-order valence-corrected chi connectivity index (χ3v) is 14.2. The van der Waals surface area contributed by atoms with Crippen LogP contribution in [0.1, 0.15) is 202 Å². The molecule has 0 N–H and O–H groups in total. The number of ether oxygens (including phenoxy) is 1. The van der Waals surface area contributed by atoms with Crippen molar-refractivity contribution in [1.29, 1.82) is 0 Å². The van der Waals surface area contributed by atoms with Crippen LogP contribution >= 0.6 is 0 Å². The summed E-state index contributed by atoms with van der Waals surface area (Å²) in [6.07, 6.45) is 39.5. The van der Waals surface area contributed by atoms with Crippen LogP contribution in [0.2, 0.25) is 0 Å². The summed E-state index contributed by atoms with van der Waals surface area (Å²) in [6.45, 7) is 14.9. The number of carbonyl (C=O) groups is 1. The normalized spacial score (nSPS) is 32.6. The number of esters is 1. The number of rotatable bonds is 21. The van der Waals surface area contributed by atoms with E-state index in [9.17, 15) is 4.79 Å². The van der Waals surface area contributed by atoms with Crippen LogP contribution in [-0.4, -0.2) is 12.1 Å². The summed E-state index contributed by atoms with van der Waals surface area (Å²) >= 11 is 0. The minimum absolute atomic E-state index is 0.0541. The molecule has 2 heteroatoms. The average molecular weight is 651 g/mol. The molecular formula is C45H78O2. The third-order valence-electron chi connectivity index (χ3n) is 14.2. The van der Waals surface area contributed by atoms with Crippen LogP contribution in [0, 0.1) is 46.3 Å². The second-order valence-electron chi connectivity index (χ2n) is 18.0. The zero-order valence-corrected chi connectivity index (χ0v) is 32.3. The largest absolute Gasteiger partial charge is 0.462 e. The average Bonchev–Trinajstić information content (AvgIpc) is 3.40. The Morgan fingerprint density at radius 1 is 0.809 bits per heavy atom. The lowest BCUT2D eigenvalue weighted by Gasteiger charge is -2.58. The molecule has 0 heterocycles. The summed E-state index contributed by atoms with van der Waals surface area (Å²) < 4.78 is 6.12. The van der Waals surface area contributed by atoms with Crippen LogP contribution in [0.4, 0.5) is 0 Å². The Hall–Kier alpha value is -1.05. The smallest absolute Gasteiger partial charge is 0.306 e. The fourth-order valence-corrected chi connectivity index (χ4v) is 11.3. The molecule has 0 aliphatic heterocycles. The number of hydrogen-bond acceptors (Lipinski definition) is 2. The second kappa shape index (κ2) is 19.4. The van der Waals surface area contributed by atoms with E-state index in [1.165, 1.54) is 128 Å².